The normalized spacial score (nSPS) is 17.8. The summed E-state index contributed by atoms with van der Waals surface area (Å²) in [6.45, 7) is 0. The summed E-state index contributed by atoms with van der Waals surface area (Å²) in [6, 6.07) is 1.69. The Balaban J connectivity index is 2.35. The summed E-state index contributed by atoms with van der Waals surface area (Å²) in [6.07, 6.45) is 5.04. The highest BCUT2D eigenvalue weighted by molar-refractivity contribution is 6.31. The molecule has 1 aliphatic carbocycles. The van der Waals surface area contributed by atoms with Gasteiger partial charge in [0.25, 0.3) is 0 Å². The third-order valence-corrected chi connectivity index (χ3v) is 2.81. The molecule has 1 unspecified atom stereocenters. The number of carboxylic acids is 1. The predicted octanol–water partition coefficient (Wildman–Crippen LogP) is 2.31. The summed E-state index contributed by atoms with van der Waals surface area (Å²) >= 11 is 5.91. The van der Waals surface area contributed by atoms with Gasteiger partial charge in [0.2, 0.25) is 0 Å². The molecule has 1 N–H and O–H groups in total. The fourth-order valence-corrected chi connectivity index (χ4v) is 1.89. The van der Waals surface area contributed by atoms with E-state index in [-0.39, 0.29) is 5.92 Å². The SMILES string of the molecule is O=C(O)C(c1ccncc1Cl)C1CC1. The first-order valence-corrected chi connectivity index (χ1v) is 4.90. The van der Waals surface area contributed by atoms with Gasteiger partial charge in [-0.2, -0.15) is 0 Å². The number of hydrogen-bond acceptors (Lipinski definition) is 2. The molecule has 0 radical (unpaired) electrons. The van der Waals surface area contributed by atoms with Gasteiger partial charge in [0, 0.05) is 12.4 Å². The zero-order valence-corrected chi connectivity index (χ0v) is 8.24. The molecule has 3 nitrogen and oxygen atoms in total. The summed E-state index contributed by atoms with van der Waals surface area (Å²) in [5.74, 6) is -0.988. The van der Waals surface area contributed by atoms with E-state index < -0.39 is 11.9 Å². The summed E-state index contributed by atoms with van der Waals surface area (Å²) in [7, 11) is 0. The molecule has 1 fully saturated rings. The molecule has 1 aromatic rings. The molecule has 1 saturated carbocycles. The summed E-state index contributed by atoms with van der Waals surface area (Å²) < 4.78 is 0. The number of halogens is 1. The number of aliphatic carboxylic acids is 1. The summed E-state index contributed by atoms with van der Waals surface area (Å²) in [5, 5.41) is 9.53. The molecule has 0 aromatic carbocycles. The van der Waals surface area contributed by atoms with Crippen molar-refractivity contribution in [3.8, 4) is 0 Å². The molecule has 1 heterocycles. The fraction of sp³-hybridized carbons (Fsp3) is 0.400. The maximum absolute atomic E-state index is 11.1. The molecule has 0 saturated heterocycles. The van der Waals surface area contributed by atoms with E-state index in [1.807, 2.05) is 0 Å². The first-order valence-electron chi connectivity index (χ1n) is 4.52. The van der Waals surface area contributed by atoms with E-state index in [0.29, 0.717) is 10.6 Å². The van der Waals surface area contributed by atoms with E-state index in [1.165, 1.54) is 6.20 Å². The van der Waals surface area contributed by atoms with E-state index in [9.17, 15) is 4.79 Å². The summed E-state index contributed by atoms with van der Waals surface area (Å²) in [5.41, 5.74) is 0.691. The lowest BCUT2D eigenvalue weighted by atomic mass is 9.95. The standard InChI is InChI=1S/C10H10ClNO2/c11-8-5-12-4-3-7(8)9(10(13)14)6-1-2-6/h3-6,9H,1-2H2,(H,13,14). The van der Waals surface area contributed by atoms with Crippen molar-refractivity contribution < 1.29 is 9.90 Å². The Morgan fingerprint density at radius 2 is 2.36 bits per heavy atom. The van der Waals surface area contributed by atoms with Crippen LogP contribution in [0, 0.1) is 5.92 Å². The molecule has 0 amide bonds. The topological polar surface area (TPSA) is 50.2 Å². The van der Waals surface area contributed by atoms with Crippen molar-refractivity contribution in [2.45, 2.75) is 18.8 Å². The van der Waals surface area contributed by atoms with Gasteiger partial charge in [-0.3, -0.25) is 9.78 Å². The minimum atomic E-state index is -0.791. The number of carboxylic acid groups (broad SMARTS) is 1. The van der Waals surface area contributed by atoms with Crippen LogP contribution < -0.4 is 0 Å². The number of hydrogen-bond donors (Lipinski definition) is 1. The van der Waals surface area contributed by atoms with Crippen LogP contribution in [0.15, 0.2) is 18.5 Å². The Bertz CT molecular complexity index is 363. The van der Waals surface area contributed by atoms with Crippen molar-refractivity contribution in [1.29, 1.82) is 0 Å². The smallest absolute Gasteiger partial charge is 0.311 e. The molecular formula is C10H10ClNO2. The third-order valence-electron chi connectivity index (χ3n) is 2.50. The number of carbonyl (C=O) groups is 1. The van der Waals surface area contributed by atoms with Crippen LogP contribution >= 0.6 is 11.6 Å². The van der Waals surface area contributed by atoms with Crippen LogP contribution in [0.25, 0.3) is 0 Å². The Morgan fingerprint density at radius 3 is 2.86 bits per heavy atom. The minimum absolute atomic E-state index is 0.257. The van der Waals surface area contributed by atoms with Crippen molar-refractivity contribution in [2.75, 3.05) is 0 Å². The van der Waals surface area contributed by atoms with Gasteiger partial charge < -0.3 is 5.11 Å². The first-order chi connectivity index (χ1) is 6.70. The van der Waals surface area contributed by atoms with Crippen LogP contribution in [0.3, 0.4) is 0 Å². The Hall–Kier alpha value is -1.09. The second-order valence-corrected chi connectivity index (χ2v) is 3.96. The highest BCUT2D eigenvalue weighted by atomic mass is 35.5. The maximum Gasteiger partial charge on any atom is 0.311 e. The van der Waals surface area contributed by atoms with Crippen LogP contribution in [0.2, 0.25) is 5.02 Å². The molecule has 4 heteroatoms. The van der Waals surface area contributed by atoms with Crippen molar-refractivity contribution >= 4 is 17.6 Å². The predicted molar refractivity (Wildman–Crippen MR) is 52.3 cm³/mol. The number of pyridine rings is 1. The van der Waals surface area contributed by atoms with Gasteiger partial charge in [0.15, 0.2) is 0 Å². The van der Waals surface area contributed by atoms with E-state index >= 15 is 0 Å². The second-order valence-electron chi connectivity index (χ2n) is 3.55. The highest BCUT2D eigenvalue weighted by Crippen LogP contribution is 2.44. The average Bonchev–Trinajstić information content (AvgIpc) is 2.92. The van der Waals surface area contributed by atoms with E-state index in [2.05, 4.69) is 4.98 Å². The monoisotopic (exact) mass is 211 g/mol. The lowest BCUT2D eigenvalue weighted by Gasteiger charge is -2.12. The molecular weight excluding hydrogens is 202 g/mol. The largest absolute Gasteiger partial charge is 0.481 e. The molecule has 0 spiro atoms. The van der Waals surface area contributed by atoms with Gasteiger partial charge in [-0.25, -0.2) is 0 Å². The average molecular weight is 212 g/mol. The lowest BCUT2D eigenvalue weighted by molar-refractivity contribution is -0.139. The maximum atomic E-state index is 11.1. The molecule has 1 atom stereocenters. The van der Waals surface area contributed by atoms with Crippen LogP contribution in [-0.2, 0) is 4.79 Å². The molecule has 1 aromatic heterocycles. The Kier molecular flexibility index (Phi) is 2.42. The van der Waals surface area contributed by atoms with Crippen LogP contribution in [0.5, 0.6) is 0 Å². The molecule has 2 rings (SSSR count). The number of aromatic nitrogens is 1. The van der Waals surface area contributed by atoms with Crippen molar-refractivity contribution in [2.24, 2.45) is 5.92 Å². The Labute approximate surface area is 86.7 Å². The van der Waals surface area contributed by atoms with Gasteiger partial charge in [0.05, 0.1) is 10.9 Å². The molecule has 0 aliphatic heterocycles. The minimum Gasteiger partial charge on any atom is -0.481 e. The van der Waals surface area contributed by atoms with Crippen molar-refractivity contribution in [1.82, 2.24) is 4.98 Å². The molecule has 1 aliphatic rings. The van der Waals surface area contributed by atoms with E-state index in [1.54, 1.807) is 12.3 Å². The fourth-order valence-electron chi connectivity index (χ4n) is 1.66. The van der Waals surface area contributed by atoms with Crippen molar-refractivity contribution in [3.63, 3.8) is 0 Å². The first kappa shape index (κ1) is 9.46. The Morgan fingerprint density at radius 1 is 1.64 bits per heavy atom. The van der Waals surface area contributed by atoms with Crippen molar-refractivity contribution in [3.05, 3.63) is 29.0 Å². The van der Waals surface area contributed by atoms with Gasteiger partial charge in [-0.05, 0) is 30.4 Å². The zero-order chi connectivity index (χ0) is 10.1. The summed E-state index contributed by atoms with van der Waals surface area (Å²) in [4.78, 5) is 14.9. The number of rotatable bonds is 3. The third kappa shape index (κ3) is 1.73. The second kappa shape index (κ2) is 3.58. The lowest BCUT2D eigenvalue weighted by Crippen LogP contribution is -2.14. The molecule has 0 bridgehead atoms. The van der Waals surface area contributed by atoms with Crippen LogP contribution in [0.1, 0.15) is 24.3 Å². The van der Waals surface area contributed by atoms with E-state index in [4.69, 9.17) is 16.7 Å². The number of nitrogens with zero attached hydrogens (tertiary/aromatic N) is 1. The van der Waals surface area contributed by atoms with Gasteiger partial charge >= 0.3 is 5.97 Å². The zero-order valence-electron chi connectivity index (χ0n) is 7.48. The van der Waals surface area contributed by atoms with Gasteiger partial charge in [-0.1, -0.05) is 11.6 Å². The van der Waals surface area contributed by atoms with Gasteiger partial charge in [-0.15, -0.1) is 0 Å². The van der Waals surface area contributed by atoms with Gasteiger partial charge in [0.1, 0.15) is 0 Å². The quantitative estimate of drug-likeness (QED) is 0.835. The molecule has 14 heavy (non-hydrogen) atoms. The van der Waals surface area contributed by atoms with E-state index in [0.717, 1.165) is 12.8 Å². The van der Waals surface area contributed by atoms with Crippen LogP contribution in [0.4, 0.5) is 0 Å². The van der Waals surface area contributed by atoms with Crippen LogP contribution in [-0.4, -0.2) is 16.1 Å². The highest BCUT2D eigenvalue weighted by Gasteiger charge is 2.38. The molecule has 74 valence electrons.